The minimum atomic E-state index is -3.82. The van der Waals surface area contributed by atoms with Crippen molar-refractivity contribution in [2.24, 2.45) is 5.92 Å². The molecule has 0 amide bonds. The van der Waals surface area contributed by atoms with Gasteiger partial charge in [0.2, 0.25) is 0 Å². The van der Waals surface area contributed by atoms with Crippen LogP contribution >= 0.6 is 7.60 Å². The standard InChI is InChI=1S/C27H46FO4P/c1-3-13-23-14-16-24(17-15-23)25-18-19-26(22(2)27(25)28)32-20-11-9-7-5-4-6-8-10-12-21-33(29,30)31/h18-19,23-24H,3-17,20-21H2,1-2H3,(H2,29,30,31). The van der Waals surface area contributed by atoms with Crippen LogP contribution in [0.4, 0.5) is 4.39 Å². The summed E-state index contributed by atoms with van der Waals surface area (Å²) in [6.07, 6.45) is 16.5. The van der Waals surface area contributed by atoms with Gasteiger partial charge in [0.15, 0.2) is 0 Å². The molecule has 1 aliphatic carbocycles. The zero-order valence-corrected chi connectivity index (χ0v) is 21.8. The van der Waals surface area contributed by atoms with E-state index in [4.69, 9.17) is 14.5 Å². The lowest BCUT2D eigenvalue weighted by atomic mass is 9.77. The Morgan fingerprint density at radius 2 is 1.52 bits per heavy atom. The minimum absolute atomic E-state index is 0.0130. The molecule has 1 fully saturated rings. The highest BCUT2D eigenvalue weighted by atomic mass is 31.2. The Labute approximate surface area is 200 Å². The van der Waals surface area contributed by atoms with Crippen LogP contribution in [0, 0.1) is 18.7 Å². The van der Waals surface area contributed by atoms with Crippen molar-refractivity contribution >= 4 is 7.60 Å². The highest BCUT2D eigenvalue weighted by molar-refractivity contribution is 7.51. The molecule has 0 atom stereocenters. The topological polar surface area (TPSA) is 66.8 Å². The molecule has 1 saturated carbocycles. The first-order valence-electron chi connectivity index (χ1n) is 13.3. The van der Waals surface area contributed by atoms with Crippen molar-refractivity contribution in [1.29, 1.82) is 0 Å². The average Bonchev–Trinajstić information content (AvgIpc) is 2.77. The van der Waals surface area contributed by atoms with E-state index in [0.29, 0.717) is 30.3 Å². The van der Waals surface area contributed by atoms with Gasteiger partial charge in [-0.2, -0.15) is 0 Å². The number of rotatable bonds is 16. The van der Waals surface area contributed by atoms with Gasteiger partial charge in [-0.3, -0.25) is 4.57 Å². The van der Waals surface area contributed by atoms with Crippen molar-refractivity contribution in [2.45, 2.75) is 116 Å². The molecular formula is C27H46FO4P. The van der Waals surface area contributed by atoms with Gasteiger partial charge in [-0.05, 0) is 68.9 Å². The van der Waals surface area contributed by atoms with Crippen molar-refractivity contribution in [3.05, 3.63) is 29.1 Å². The van der Waals surface area contributed by atoms with E-state index >= 15 is 4.39 Å². The van der Waals surface area contributed by atoms with Crippen LogP contribution in [-0.2, 0) is 4.57 Å². The lowest BCUT2D eigenvalue weighted by Gasteiger charge is -2.29. The Balaban J connectivity index is 1.57. The van der Waals surface area contributed by atoms with Crippen molar-refractivity contribution in [3.63, 3.8) is 0 Å². The summed E-state index contributed by atoms with van der Waals surface area (Å²) in [5.74, 6) is 1.81. The molecule has 0 unspecified atom stereocenters. The number of ether oxygens (including phenoxy) is 1. The molecule has 0 heterocycles. The number of benzene rings is 1. The first-order valence-corrected chi connectivity index (χ1v) is 15.1. The molecule has 4 nitrogen and oxygen atoms in total. The van der Waals surface area contributed by atoms with Crippen molar-refractivity contribution in [3.8, 4) is 5.75 Å². The highest BCUT2D eigenvalue weighted by Crippen LogP contribution is 2.40. The Hall–Kier alpha value is -0.900. The van der Waals surface area contributed by atoms with Crippen LogP contribution < -0.4 is 4.74 Å². The first-order chi connectivity index (χ1) is 15.8. The Bertz CT molecular complexity index is 725. The summed E-state index contributed by atoms with van der Waals surface area (Å²) in [7, 11) is -3.82. The van der Waals surface area contributed by atoms with E-state index in [9.17, 15) is 4.57 Å². The molecule has 0 spiro atoms. The zero-order valence-electron chi connectivity index (χ0n) is 20.9. The fourth-order valence-corrected chi connectivity index (χ4v) is 5.81. The maximum atomic E-state index is 15.1. The van der Waals surface area contributed by atoms with Gasteiger partial charge < -0.3 is 14.5 Å². The van der Waals surface area contributed by atoms with Gasteiger partial charge in [0.25, 0.3) is 0 Å². The fraction of sp³-hybridized carbons (Fsp3) is 0.778. The lowest BCUT2D eigenvalue weighted by Crippen LogP contribution is -2.15. The third-order valence-electron chi connectivity index (χ3n) is 7.20. The molecule has 33 heavy (non-hydrogen) atoms. The van der Waals surface area contributed by atoms with E-state index in [2.05, 4.69) is 6.92 Å². The summed E-state index contributed by atoms with van der Waals surface area (Å²) in [4.78, 5) is 17.7. The van der Waals surface area contributed by atoms with Gasteiger partial charge in [0.05, 0.1) is 6.61 Å². The fourth-order valence-electron chi connectivity index (χ4n) is 5.17. The van der Waals surface area contributed by atoms with E-state index < -0.39 is 7.60 Å². The van der Waals surface area contributed by atoms with Crippen molar-refractivity contribution < 1.29 is 23.5 Å². The van der Waals surface area contributed by atoms with Crippen LogP contribution in [0.25, 0.3) is 0 Å². The molecule has 190 valence electrons. The van der Waals surface area contributed by atoms with E-state index in [0.717, 1.165) is 56.4 Å². The third-order valence-corrected chi connectivity index (χ3v) is 8.10. The maximum absolute atomic E-state index is 15.1. The van der Waals surface area contributed by atoms with Crippen LogP contribution in [0.1, 0.15) is 120 Å². The number of hydrogen-bond acceptors (Lipinski definition) is 2. The predicted molar refractivity (Wildman–Crippen MR) is 135 cm³/mol. The molecule has 0 radical (unpaired) electrons. The first kappa shape index (κ1) is 28.3. The van der Waals surface area contributed by atoms with Gasteiger partial charge in [-0.15, -0.1) is 0 Å². The molecule has 6 heteroatoms. The second-order valence-corrected chi connectivity index (χ2v) is 11.8. The van der Waals surface area contributed by atoms with Crippen molar-refractivity contribution in [2.75, 3.05) is 12.8 Å². The summed E-state index contributed by atoms with van der Waals surface area (Å²) in [5, 5.41) is 0. The SMILES string of the molecule is CCCC1CCC(c2ccc(OCCCCCCCCCCCP(=O)(O)O)c(C)c2F)CC1. The van der Waals surface area contributed by atoms with Crippen LogP contribution in [0.5, 0.6) is 5.75 Å². The highest BCUT2D eigenvalue weighted by Gasteiger charge is 2.25. The summed E-state index contributed by atoms with van der Waals surface area (Å²) < 4.78 is 31.8. The van der Waals surface area contributed by atoms with E-state index in [1.54, 1.807) is 0 Å². The zero-order chi connectivity index (χ0) is 24.1. The molecule has 0 bridgehead atoms. The molecule has 1 aromatic carbocycles. The molecule has 0 aromatic heterocycles. The normalized spacial score (nSPS) is 19.1. The van der Waals surface area contributed by atoms with Gasteiger partial charge >= 0.3 is 7.60 Å². The van der Waals surface area contributed by atoms with Gasteiger partial charge in [-0.1, -0.05) is 70.8 Å². The maximum Gasteiger partial charge on any atom is 0.325 e. The Morgan fingerprint density at radius 3 is 2.09 bits per heavy atom. The van der Waals surface area contributed by atoms with Crippen molar-refractivity contribution in [1.82, 2.24) is 0 Å². The molecular weight excluding hydrogens is 438 g/mol. The second-order valence-electron chi connectivity index (χ2n) is 10.0. The van der Waals surface area contributed by atoms with Crippen LogP contribution in [0.2, 0.25) is 0 Å². The van der Waals surface area contributed by atoms with Gasteiger partial charge in [-0.25, -0.2) is 4.39 Å². The number of unbranched alkanes of at least 4 members (excludes halogenated alkanes) is 8. The molecule has 2 rings (SSSR count). The Kier molecular flexibility index (Phi) is 13.0. The van der Waals surface area contributed by atoms with Gasteiger partial charge in [0, 0.05) is 11.7 Å². The number of hydrogen-bond donors (Lipinski definition) is 2. The number of halogens is 1. The third kappa shape index (κ3) is 10.9. The van der Waals surface area contributed by atoms with Crippen LogP contribution in [0.15, 0.2) is 12.1 Å². The minimum Gasteiger partial charge on any atom is -0.493 e. The van der Waals surface area contributed by atoms with E-state index in [1.807, 2.05) is 19.1 Å². The summed E-state index contributed by atoms with van der Waals surface area (Å²) in [6, 6.07) is 3.93. The lowest BCUT2D eigenvalue weighted by molar-refractivity contribution is 0.295. The summed E-state index contributed by atoms with van der Waals surface area (Å²) >= 11 is 0. The van der Waals surface area contributed by atoms with Crippen LogP contribution in [-0.4, -0.2) is 22.6 Å². The molecule has 1 aromatic rings. The Morgan fingerprint density at radius 1 is 0.939 bits per heavy atom. The molecule has 0 saturated heterocycles. The van der Waals surface area contributed by atoms with E-state index in [1.165, 1.54) is 44.9 Å². The second kappa shape index (κ2) is 15.2. The predicted octanol–water partition coefficient (Wildman–Crippen LogP) is 8.28. The quantitative estimate of drug-likeness (QED) is 0.183. The molecule has 2 N–H and O–H groups in total. The van der Waals surface area contributed by atoms with Gasteiger partial charge in [0.1, 0.15) is 11.6 Å². The monoisotopic (exact) mass is 484 g/mol. The summed E-state index contributed by atoms with van der Waals surface area (Å²) in [6.45, 7) is 4.72. The van der Waals surface area contributed by atoms with E-state index in [-0.39, 0.29) is 12.0 Å². The molecule has 1 aliphatic rings. The van der Waals surface area contributed by atoms with Crippen LogP contribution in [0.3, 0.4) is 0 Å². The molecule has 0 aliphatic heterocycles. The smallest absolute Gasteiger partial charge is 0.325 e. The average molecular weight is 485 g/mol. The summed E-state index contributed by atoms with van der Waals surface area (Å²) in [5.41, 5.74) is 1.54. The largest absolute Gasteiger partial charge is 0.493 e.